The number of nitrogens with zero attached hydrogens (tertiary/aromatic N) is 4. The lowest BCUT2D eigenvalue weighted by Crippen LogP contribution is -2.42. The monoisotopic (exact) mass is 349 g/mol. The van der Waals surface area contributed by atoms with Gasteiger partial charge in [0, 0.05) is 13.1 Å². The van der Waals surface area contributed by atoms with Gasteiger partial charge in [-0.05, 0) is 17.9 Å². The molecule has 0 bridgehead atoms. The normalized spacial score (nSPS) is 18.7. The van der Waals surface area contributed by atoms with Crippen LogP contribution < -0.4 is 4.90 Å². The van der Waals surface area contributed by atoms with Gasteiger partial charge in [0.25, 0.3) is 0 Å². The largest absolute Gasteiger partial charge is 0.375 e. The Morgan fingerprint density at radius 3 is 3.13 bits per heavy atom. The van der Waals surface area contributed by atoms with Crippen LogP contribution in [0, 0.1) is 0 Å². The third-order valence-corrected chi connectivity index (χ3v) is 5.05. The van der Waals surface area contributed by atoms with E-state index in [2.05, 4.69) is 31.8 Å². The van der Waals surface area contributed by atoms with Gasteiger partial charge < -0.3 is 14.6 Å². The molecule has 1 atom stereocenters. The van der Waals surface area contributed by atoms with Gasteiger partial charge in [-0.15, -0.1) is 11.3 Å². The van der Waals surface area contributed by atoms with Gasteiger partial charge in [-0.25, -0.2) is 15.0 Å². The van der Waals surface area contributed by atoms with Crippen LogP contribution in [0.15, 0.2) is 17.5 Å². The number of thiophene rings is 1. The molecule has 0 aliphatic carbocycles. The van der Waals surface area contributed by atoms with E-state index in [1.54, 1.807) is 11.3 Å². The smallest absolute Gasteiger partial charge is 0.205 e. The zero-order chi connectivity index (χ0) is 15.8. The molecule has 0 radical (unpaired) electrons. The highest BCUT2D eigenvalue weighted by Gasteiger charge is 2.22. The van der Waals surface area contributed by atoms with Crippen LogP contribution in [-0.2, 0) is 4.74 Å². The Hall–Kier alpha value is -1.70. The number of ether oxygens (including phenoxy) is 1. The number of rotatable bonds is 3. The lowest BCUT2D eigenvalue weighted by molar-refractivity contribution is 0.0379. The number of aromatic amines is 1. The summed E-state index contributed by atoms with van der Waals surface area (Å²) in [6.07, 6.45) is 1.22. The summed E-state index contributed by atoms with van der Waals surface area (Å²) in [6.45, 7) is 4.45. The van der Waals surface area contributed by atoms with Crippen molar-refractivity contribution >= 4 is 40.0 Å². The molecule has 1 unspecified atom stereocenters. The molecule has 8 heteroatoms. The fourth-order valence-electron chi connectivity index (χ4n) is 2.68. The van der Waals surface area contributed by atoms with Crippen LogP contribution in [0.2, 0.25) is 5.15 Å². The van der Waals surface area contributed by atoms with E-state index in [1.807, 2.05) is 17.5 Å². The van der Waals surface area contributed by atoms with Crippen molar-refractivity contribution in [2.24, 2.45) is 0 Å². The highest BCUT2D eigenvalue weighted by Crippen LogP contribution is 2.28. The fraction of sp³-hybridized carbons (Fsp3) is 0.400. The number of fused-ring (bicyclic) bond motifs is 1. The molecular formula is C15H16ClN5OS. The third-order valence-electron chi connectivity index (χ3n) is 3.92. The summed E-state index contributed by atoms with van der Waals surface area (Å²) >= 11 is 7.90. The summed E-state index contributed by atoms with van der Waals surface area (Å²) in [4.78, 5) is 20.0. The summed E-state index contributed by atoms with van der Waals surface area (Å²) in [5.74, 6) is 1.40. The number of halogens is 1. The minimum absolute atomic E-state index is 0.236. The minimum Gasteiger partial charge on any atom is -0.375 e. The number of imidazole rings is 1. The molecule has 1 aliphatic heterocycles. The van der Waals surface area contributed by atoms with Crippen molar-refractivity contribution in [2.45, 2.75) is 19.4 Å². The zero-order valence-corrected chi connectivity index (χ0v) is 14.2. The van der Waals surface area contributed by atoms with Crippen molar-refractivity contribution < 1.29 is 4.74 Å². The van der Waals surface area contributed by atoms with Crippen LogP contribution >= 0.6 is 22.9 Å². The third kappa shape index (κ3) is 2.80. The van der Waals surface area contributed by atoms with Gasteiger partial charge in [0.05, 0.1) is 17.6 Å². The van der Waals surface area contributed by atoms with Crippen LogP contribution in [0.25, 0.3) is 21.9 Å². The molecule has 1 fully saturated rings. The second-order valence-corrected chi connectivity index (χ2v) is 6.73. The fourth-order valence-corrected chi connectivity index (χ4v) is 3.55. The number of aromatic nitrogens is 4. The quantitative estimate of drug-likeness (QED) is 0.734. The summed E-state index contributed by atoms with van der Waals surface area (Å²) in [6, 6.07) is 3.95. The Kier molecular flexibility index (Phi) is 3.92. The summed E-state index contributed by atoms with van der Waals surface area (Å²) in [5, 5.41) is 2.37. The van der Waals surface area contributed by atoms with Gasteiger partial charge in [0.1, 0.15) is 5.52 Å². The maximum absolute atomic E-state index is 6.32. The van der Waals surface area contributed by atoms with Crippen LogP contribution in [0.4, 0.5) is 5.95 Å². The molecule has 23 heavy (non-hydrogen) atoms. The van der Waals surface area contributed by atoms with E-state index in [0.29, 0.717) is 28.7 Å². The molecule has 1 saturated heterocycles. The first-order valence-corrected chi connectivity index (χ1v) is 8.84. The second kappa shape index (κ2) is 6.07. The molecule has 6 nitrogen and oxygen atoms in total. The first kappa shape index (κ1) is 14.9. The predicted molar refractivity (Wildman–Crippen MR) is 92.3 cm³/mol. The maximum Gasteiger partial charge on any atom is 0.205 e. The highest BCUT2D eigenvalue weighted by molar-refractivity contribution is 7.13. The van der Waals surface area contributed by atoms with Gasteiger partial charge in [0.15, 0.2) is 16.6 Å². The number of anilines is 1. The summed E-state index contributed by atoms with van der Waals surface area (Å²) in [5.41, 5.74) is 1.28. The number of hydrogen-bond acceptors (Lipinski definition) is 6. The number of morpholine rings is 1. The van der Waals surface area contributed by atoms with Gasteiger partial charge in [-0.3, -0.25) is 0 Å². The first-order valence-electron chi connectivity index (χ1n) is 7.58. The minimum atomic E-state index is 0.236. The van der Waals surface area contributed by atoms with Crippen LogP contribution in [0.1, 0.15) is 13.3 Å². The molecule has 0 spiro atoms. The second-order valence-electron chi connectivity index (χ2n) is 5.42. The Morgan fingerprint density at radius 1 is 1.43 bits per heavy atom. The number of hydrogen-bond donors (Lipinski definition) is 1. The molecule has 1 N–H and O–H groups in total. The van der Waals surface area contributed by atoms with Gasteiger partial charge in [-0.2, -0.15) is 0 Å². The molecule has 4 heterocycles. The van der Waals surface area contributed by atoms with Gasteiger partial charge in [0.2, 0.25) is 5.95 Å². The predicted octanol–water partition coefficient (Wildman–Crippen LogP) is 3.35. The van der Waals surface area contributed by atoms with Crippen molar-refractivity contribution in [1.82, 2.24) is 19.9 Å². The standard InChI is InChI=1S/C15H16ClN5OS/c1-2-9-8-21(5-6-22-9)15-17-11-12(16)18-13(19-14(11)20-15)10-4-3-7-23-10/h3-4,7,9H,2,5-6,8H2,1H3,(H,17,18,19,20). The van der Waals surface area contributed by atoms with Gasteiger partial charge in [-0.1, -0.05) is 24.6 Å². The van der Waals surface area contributed by atoms with Crippen LogP contribution in [0.3, 0.4) is 0 Å². The first-order chi connectivity index (χ1) is 11.2. The lowest BCUT2D eigenvalue weighted by Gasteiger charge is -2.32. The van der Waals surface area contributed by atoms with E-state index in [-0.39, 0.29) is 6.10 Å². The number of nitrogens with one attached hydrogen (secondary N) is 1. The summed E-state index contributed by atoms with van der Waals surface area (Å²) in [7, 11) is 0. The van der Waals surface area contributed by atoms with Crippen LogP contribution in [0.5, 0.6) is 0 Å². The average Bonchev–Trinajstić information content (AvgIpc) is 3.24. The molecule has 3 aromatic heterocycles. The molecule has 0 aromatic carbocycles. The van der Waals surface area contributed by atoms with Crippen molar-refractivity contribution in [2.75, 3.05) is 24.6 Å². The van der Waals surface area contributed by atoms with E-state index in [9.17, 15) is 0 Å². The molecule has 3 aromatic rings. The topological polar surface area (TPSA) is 66.9 Å². The molecule has 0 saturated carbocycles. The van der Waals surface area contributed by atoms with E-state index in [0.717, 1.165) is 30.3 Å². The molecule has 120 valence electrons. The lowest BCUT2D eigenvalue weighted by atomic mass is 10.2. The zero-order valence-electron chi connectivity index (χ0n) is 12.6. The Morgan fingerprint density at radius 2 is 2.35 bits per heavy atom. The van der Waals surface area contributed by atoms with E-state index in [1.165, 1.54) is 0 Å². The highest BCUT2D eigenvalue weighted by atomic mass is 35.5. The molecular weight excluding hydrogens is 334 g/mol. The molecule has 1 aliphatic rings. The van der Waals surface area contributed by atoms with Crippen molar-refractivity contribution in [3.05, 3.63) is 22.7 Å². The Balaban J connectivity index is 1.71. The van der Waals surface area contributed by atoms with Crippen molar-refractivity contribution in [3.63, 3.8) is 0 Å². The van der Waals surface area contributed by atoms with Crippen molar-refractivity contribution in [1.29, 1.82) is 0 Å². The molecule has 4 rings (SSSR count). The van der Waals surface area contributed by atoms with E-state index < -0.39 is 0 Å². The van der Waals surface area contributed by atoms with Crippen LogP contribution in [-0.4, -0.2) is 45.7 Å². The van der Waals surface area contributed by atoms with Gasteiger partial charge >= 0.3 is 0 Å². The van der Waals surface area contributed by atoms with E-state index >= 15 is 0 Å². The van der Waals surface area contributed by atoms with E-state index in [4.69, 9.17) is 16.3 Å². The van der Waals surface area contributed by atoms with Crippen molar-refractivity contribution in [3.8, 4) is 10.7 Å². The SMILES string of the molecule is CCC1CN(c2nc3c(Cl)nc(-c4cccs4)nc3[nH]2)CCO1. The maximum atomic E-state index is 6.32. The summed E-state index contributed by atoms with van der Waals surface area (Å²) < 4.78 is 5.71. The Labute approximate surface area is 142 Å². The number of H-pyrrole nitrogens is 1. The Bertz CT molecular complexity index is 819. The molecule has 0 amide bonds. The average molecular weight is 350 g/mol.